The summed E-state index contributed by atoms with van der Waals surface area (Å²) in [7, 11) is 9.20. The fraction of sp³-hybridized carbons (Fsp3) is 0.231. The highest BCUT2D eigenvalue weighted by Crippen LogP contribution is 2.41. The van der Waals surface area contributed by atoms with Gasteiger partial charge in [-0.2, -0.15) is 0 Å². The van der Waals surface area contributed by atoms with Gasteiger partial charge in [0.05, 0.1) is 48.2 Å². The molecule has 184 valence electrons. The Morgan fingerprint density at radius 1 is 0.771 bits per heavy atom. The van der Waals surface area contributed by atoms with E-state index in [0.717, 1.165) is 0 Å². The third kappa shape index (κ3) is 5.57. The Morgan fingerprint density at radius 2 is 1.29 bits per heavy atom. The van der Waals surface area contributed by atoms with E-state index in [4.69, 9.17) is 28.4 Å². The summed E-state index contributed by atoms with van der Waals surface area (Å²) in [6.07, 6.45) is 4.72. The molecule has 2 aromatic carbocycles. The van der Waals surface area contributed by atoms with Gasteiger partial charge < -0.3 is 33.7 Å². The predicted octanol–water partition coefficient (Wildman–Crippen LogP) is 4.77. The van der Waals surface area contributed by atoms with Crippen molar-refractivity contribution in [1.29, 1.82) is 0 Å². The van der Waals surface area contributed by atoms with Gasteiger partial charge in [-0.05, 0) is 35.9 Å². The smallest absolute Gasteiger partial charge is 0.203 e. The molecule has 3 rings (SSSR count). The van der Waals surface area contributed by atoms with Crippen LogP contribution >= 0.6 is 0 Å². The highest BCUT2D eigenvalue weighted by atomic mass is 16.5. The first-order valence-electron chi connectivity index (χ1n) is 10.5. The van der Waals surface area contributed by atoms with Gasteiger partial charge in [0, 0.05) is 24.0 Å². The summed E-state index contributed by atoms with van der Waals surface area (Å²) in [6, 6.07) is 10.4. The standard InChI is InChI=1S/C26H28N2O7/c1-30-20-12-16(13-21(31-2)24(20)34-5)9-10-19(29)18-8-7-11-27-26(18)28-17-14-22(32-3)25(35-6)23(15-17)33-4/h7-15H,1-6H3,(H,27,28)/b10-9+. The average Bonchev–Trinajstić information content (AvgIpc) is 2.90. The molecule has 0 saturated heterocycles. The number of ketones is 1. The maximum Gasteiger partial charge on any atom is 0.203 e. The Hall–Kier alpha value is -4.40. The highest BCUT2D eigenvalue weighted by Gasteiger charge is 2.16. The highest BCUT2D eigenvalue weighted by molar-refractivity contribution is 6.10. The van der Waals surface area contributed by atoms with Crippen molar-refractivity contribution in [1.82, 2.24) is 4.98 Å². The first-order chi connectivity index (χ1) is 17.0. The molecule has 0 amide bonds. The first kappa shape index (κ1) is 25.2. The minimum atomic E-state index is -0.248. The fourth-order valence-electron chi connectivity index (χ4n) is 3.45. The van der Waals surface area contributed by atoms with Crippen LogP contribution in [-0.2, 0) is 0 Å². The predicted molar refractivity (Wildman–Crippen MR) is 133 cm³/mol. The summed E-state index contributed by atoms with van der Waals surface area (Å²) < 4.78 is 32.3. The zero-order valence-corrected chi connectivity index (χ0v) is 20.5. The second-order valence-corrected chi connectivity index (χ2v) is 7.09. The van der Waals surface area contributed by atoms with Crippen LogP contribution in [0.1, 0.15) is 15.9 Å². The molecule has 0 radical (unpaired) electrons. The molecular weight excluding hydrogens is 452 g/mol. The van der Waals surface area contributed by atoms with Crippen molar-refractivity contribution in [3.05, 3.63) is 59.8 Å². The van der Waals surface area contributed by atoms with E-state index >= 15 is 0 Å². The Bertz CT molecular complexity index is 1170. The lowest BCUT2D eigenvalue weighted by Gasteiger charge is -2.15. The summed E-state index contributed by atoms with van der Waals surface area (Å²) in [5.41, 5.74) is 1.70. The van der Waals surface area contributed by atoms with Crippen LogP contribution in [0, 0.1) is 0 Å². The zero-order chi connectivity index (χ0) is 25.4. The quantitative estimate of drug-likeness (QED) is 0.307. The molecule has 35 heavy (non-hydrogen) atoms. The number of pyridine rings is 1. The number of allylic oxidation sites excluding steroid dienone is 1. The van der Waals surface area contributed by atoms with Crippen molar-refractivity contribution in [3.8, 4) is 34.5 Å². The van der Waals surface area contributed by atoms with E-state index in [2.05, 4.69) is 10.3 Å². The monoisotopic (exact) mass is 480 g/mol. The van der Waals surface area contributed by atoms with Crippen LogP contribution in [0.5, 0.6) is 34.5 Å². The normalized spacial score (nSPS) is 10.6. The van der Waals surface area contributed by atoms with Crippen molar-refractivity contribution in [2.24, 2.45) is 0 Å². The number of rotatable bonds is 11. The molecule has 3 aromatic rings. The van der Waals surface area contributed by atoms with Crippen LogP contribution < -0.4 is 33.7 Å². The van der Waals surface area contributed by atoms with Crippen LogP contribution in [-0.4, -0.2) is 53.4 Å². The Morgan fingerprint density at radius 3 is 1.77 bits per heavy atom. The Balaban J connectivity index is 1.91. The SMILES string of the molecule is COc1cc(/C=C/C(=O)c2cccnc2Nc2cc(OC)c(OC)c(OC)c2)cc(OC)c1OC. The van der Waals surface area contributed by atoms with Gasteiger partial charge in [0.1, 0.15) is 5.82 Å². The Kier molecular flexibility index (Phi) is 8.39. The molecular formula is C26H28N2O7. The summed E-state index contributed by atoms with van der Waals surface area (Å²) in [6.45, 7) is 0. The van der Waals surface area contributed by atoms with Crippen LogP contribution in [0.25, 0.3) is 6.08 Å². The topological polar surface area (TPSA) is 97.4 Å². The van der Waals surface area contributed by atoms with Gasteiger partial charge in [-0.1, -0.05) is 6.08 Å². The van der Waals surface area contributed by atoms with E-state index < -0.39 is 0 Å². The summed E-state index contributed by atoms with van der Waals surface area (Å²) >= 11 is 0. The molecule has 1 aromatic heterocycles. The molecule has 0 atom stereocenters. The number of hydrogen-bond donors (Lipinski definition) is 1. The third-order valence-electron chi connectivity index (χ3n) is 5.11. The minimum absolute atomic E-state index is 0.248. The molecule has 0 aliphatic rings. The van der Waals surface area contributed by atoms with Gasteiger partial charge in [0.2, 0.25) is 11.5 Å². The average molecular weight is 481 g/mol. The van der Waals surface area contributed by atoms with Gasteiger partial charge in [0.25, 0.3) is 0 Å². The van der Waals surface area contributed by atoms with E-state index in [9.17, 15) is 4.79 Å². The molecule has 0 fully saturated rings. The number of benzene rings is 2. The molecule has 0 aliphatic carbocycles. The Labute approximate surface area is 204 Å². The molecule has 0 aliphatic heterocycles. The maximum atomic E-state index is 13.1. The second kappa shape index (κ2) is 11.6. The van der Waals surface area contributed by atoms with E-state index in [1.807, 2.05) is 0 Å². The van der Waals surface area contributed by atoms with Gasteiger partial charge in [-0.3, -0.25) is 4.79 Å². The largest absolute Gasteiger partial charge is 0.493 e. The number of anilines is 2. The van der Waals surface area contributed by atoms with E-state index in [1.165, 1.54) is 48.7 Å². The minimum Gasteiger partial charge on any atom is -0.493 e. The fourth-order valence-corrected chi connectivity index (χ4v) is 3.45. The van der Waals surface area contributed by atoms with Crippen molar-refractivity contribution in [2.45, 2.75) is 0 Å². The van der Waals surface area contributed by atoms with Crippen LogP contribution in [0.15, 0.2) is 48.7 Å². The first-order valence-corrected chi connectivity index (χ1v) is 10.5. The molecule has 9 heteroatoms. The van der Waals surface area contributed by atoms with Gasteiger partial charge in [-0.25, -0.2) is 4.98 Å². The number of nitrogens with zero attached hydrogens (tertiary/aromatic N) is 1. The molecule has 0 bridgehead atoms. The van der Waals surface area contributed by atoms with E-state index in [1.54, 1.807) is 48.7 Å². The maximum absolute atomic E-state index is 13.1. The van der Waals surface area contributed by atoms with Crippen molar-refractivity contribution in [2.75, 3.05) is 48.0 Å². The van der Waals surface area contributed by atoms with Gasteiger partial charge in [0.15, 0.2) is 28.8 Å². The summed E-state index contributed by atoms with van der Waals surface area (Å²) in [5.74, 6) is 2.99. The number of methoxy groups -OCH3 is 6. The molecule has 0 unspecified atom stereocenters. The summed E-state index contributed by atoms with van der Waals surface area (Å²) in [5, 5.41) is 3.17. The number of hydrogen-bond acceptors (Lipinski definition) is 9. The third-order valence-corrected chi connectivity index (χ3v) is 5.11. The summed E-state index contributed by atoms with van der Waals surface area (Å²) in [4.78, 5) is 17.4. The molecule has 0 saturated carbocycles. The van der Waals surface area contributed by atoms with Crippen LogP contribution in [0.4, 0.5) is 11.5 Å². The lowest BCUT2D eigenvalue weighted by atomic mass is 10.1. The molecule has 9 nitrogen and oxygen atoms in total. The molecule has 0 spiro atoms. The number of ether oxygens (including phenoxy) is 6. The van der Waals surface area contributed by atoms with Crippen molar-refractivity contribution >= 4 is 23.4 Å². The van der Waals surface area contributed by atoms with Gasteiger partial charge >= 0.3 is 0 Å². The lowest BCUT2D eigenvalue weighted by molar-refractivity contribution is 0.104. The van der Waals surface area contributed by atoms with Gasteiger partial charge in [-0.15, -0.1) is 0 Å². The number of aromatic nitrogens is 1. The van der Waals surface area contributed by atoms with Crippen molar-refractivity contribution < 1.29 is 33.2 Å². The van der Waals surface area contributed by atoms with Crippen LogP contribution in [0.3, 0.4) is 0 Å². The number of carbonyl (C=O) groups is 1. The molecule has 1 heterocycles. The second-order valence-electron chi connectivity index (χ2n) is 7.09. The zero-order valence-electron chi connectivity index (χ0n) is 20.5. The van der Waals surface area contributed by atoms with Crippen LogP contribution in [0.2, 0.25) is 0 Å². The number of nitrogens with one attached hydrogen (secondary N) is 1. The van der Waals surface area contributed by atoms with E-state index in [0.29, 0.717) is 57.1 Å². The van der Waals surface area contributed by atoms with Crippen molar-refractivity contribution in [3.63, 3.8) is 0 Å². The number of carbonyl (C=O) groups excluding carboxylic acids is 1. The molecule has 1 N–H and O–H groups in total. The van der Waals surface area contributed by atoms with E-state index in [-0.39, 0.29) is 5.78 Å². The lowest BCUT2D eigenvalue weighted by Crippen LogP contribution is -2.04.